The van der Waals surface area contributed by atoms with Gasteiger partial charge in [0.05, 0.1) is 19.3 Å². The molecule has 5 heteroatoms. The average molecular weight is 254 g/mol. The van der Waals surface area contributed by atoms with E-state index in [1.54, 1.807) is 0 Å². The van der Waals surface area contributed by atoms with E-state index in [4.69, 9.17) is 4.74 Å². The van der Waals surface area contributed by atoms with Crippen molar-refractivity contribution < 1.29 is 13.9 Å². The number of anilines is 1. The molecule has 1 rings (SSSR count). The van der Waals surface area contributed by atoms with E-state index in [2.05, 4.69) is 10.6 Å². The lowest BCUT2D eigenvalue weighted by molar-refractivity contribution is -0.115. The van der Waals surface area contributed by atoms with Crippen molar-refractivity contribution in [2.75, 3.05) is 25.0 Å². The number of carbonyl (C=O) groups excluding carboxylic acids is 1. The Morgan fingerprint density at radius 2 is 2.00 bits per heavy atom. The van der Waals surface area contributed by atoms with Gasteiger partial charge < -0.3 is 15.4 Å². The van der Waals surface area contributed by atoms with Crippen molar-refractivity contribution >= 4 is 11.6 Å². The summed E-state index contributed by atoms with van der Waals surface area (Å²) in [6, 6.07) is 5.66. The molecular weight excluding hydrogens is 235 g/mol. The van der Waals surface area contributed by atoms with Gasteiger partial charge in [-0.05, 0) is 38.1 Å². The molecule has 0 heterocycles. The van der Waals surface area contributed by atoms with Gasteiger partial charge in [0.15, 0.2) is 0 Å². The number of ether oxygens (including phenoxy) is 1. The van der Waals surface area contributed by atoms with Gasteiger partial charge in [0.1, 0.15) is 5.82 Å². The zero-order valence-electron chi connectivity index (χ0n) is 10.7. The van der Waals surface area contributed by atoms with Crippen LogP contribution in [-0.4, -0.2) is 31.7 Å². The summed E-state index contributed by atoms with van der Waals surface area (Å²) in [6.45, 7) is 5.32. The summed E-state index contributed by atoms with van der Waals surface area (Å²) < 4.78 is 18.0. The molecule has 0 atom stereocenters. The van der Waals surface area contributed by atoms with E-state index in [0.29, 0.717) is 18.8 Å². The van der Waals surface area contributed by atoms with Gasteiger partial charge in [-0.25, -0.2) is 4.39 Å². The van der Waals surface area contributed by atoms with Gasteiger partial charge in [-0.3, -0.25) is 4.79 Å². The van der Waals surface area contributed by atoms with Crippen LogP contribution in [0.3, 0.4) is 0 Å². The van der Waals surface area contributed by atoms with E-state index in [9.17, 15) is 9.18 Å². The number of rotatable bonds is 7. The minimum absolute atomic E-state index is 0.161. The smallest absolute Gasteiger partial charge is 0.238 e. The standard InChI is InChI=1S/C13H19FN2O2/c1-10(2)18-8-7-15-9-13(17)16-12-5-3-11(14)4-6-12/h3-6,10,15H,7-9H2,1-2H3,(H,16,17). The van der Waals surface area contributed by atoms with Crippen LogP contribution in [0.2, 0.25) is 0 Å². The molecule has 0 aliphatic heterocycles. The second-order valence-corrected chi connectivity index (χ2v) is 4.15. The first-order chi connectivity index (χ1) is 8.58. The predicted molar refractivity (Wildman–Crippen MR) is 69.0 cm³/mol. The maximum absolute atomic E-state index is 12.6. The highest BCUT2D eigenvalue weighted by molar-refractivity contribution is 5.92. The van der Waals surface area contributed by atoms with Crippen LogP contribution in [-0.2, 0) is 9.53 Å². The van der Waals surface area contributed by atoms with Crippen LogP contribution in [0.4, 0.5) is 10.1 Å². The van der Waals surface area contributed by atoms with Crippen molar-refractivity contribution in [3.05, 3.63) is 30.1 Å². The van der Waals surface area contributed by atoms with Gasteiger partial charge in [-0.2, -0.15) is 0 Å². The molecule has 0 aliphatic carbocycles. The van der Waals surface area contributed by atoms with E-state index in [0.717, 1.165) is 0 Å². The summed E-state index contributed by atoms with van der Waals surface area (Å²) in [6.07, 6.45) is 0.194. The number of halogens is 1. The normalized spacial score (nSPS) is 10.7. The Morgan fingerprint density at radius 3 is 2.61 bits per heavy atom. The summed E-state index contributed by atoms with van der Waals surface area (Å²) in [4.78, 5) is 11.5. The number of nitrogens with one attached hydrogen (secondary N) is 2. The fourth-order valence-electron chi connectivity index (χ4n) is 1.31. The maximum Gasteiger partial charge on any atom is 0.238 e. The Labute approximate surface area is 107 Å². The molecule has 0 spiro atoms. The van der Waals surface area contributed by atoms with E-state index in [1.807, 2.05) is 13.8 Å². The number of amides is 1. The first kappa shape index (κ1) is 14.6. The second-order valence-electron chi connectivity index (χ2n) is 4.15. The molecule has 4 nitrogen and oxygen atoms in total. The van der Waals surface area contributed by atoms with E-state index in [-0.39, 0.29) is 24.4 Å². The first-order valence-electron chi connectivity index (χ1n) is 5.95. The Kier molecular flexibility index (Phi) is 6.32. The van der Waals surface area contributed by atoms with Gasteiger partial charge in [0.25, 0.3) is 0 Å². The molecule has 0 radical (unpaired) electrons. The third kappa shape index (κ3) is 6.32. The molecule has 0 saturated heterocycles. The molecule has 1 amide bonds. The van der Waals surface area contributed by atoms with Crippen LogP contribution in [0.1, 0.15) is 13.8 Å². The molecule has 18 heavy (non-hydrogen) atoms. The van der Waals surface area contributed by atoms with E-state index < -0.39 is 0 Å². The molecule has 0 saturated carbocycles. The molecule has 1 aromatic carbocycles. The van der Waals surface area contributed by atoms with Crippen molar-refractivity contribution in [3.63, 3.8) is 0 Å². The second kappa shape index (κ2) is 7.79. The Hall–Kier alpha value is -1.46. The molecule has 0 unspecified atom stereocenters. The SMILES string of the molecule is CC(C)OCCNCC(=O)Nc1ccc(F)cc1. The lowest BCUT2D eigenvalue weighted by Crippen LogP contribution is -2.30. The molecule has 1 aromatic rings. The van der Waals surface area contributed by atoms with Gasteiger partial charge in [-0.15, -0.1) is 0 Å². The van der Waals surface area contributed by atoms with E-state index in [1.165, 1.54) is 24.3 Å². The maximum atomic E-state index is 12.6. The van der Waals surface area contributed by atoms with Crippen LogP contribution in [0, 0.1) is 5.82 Å². The lowest BCUT2D eigenvalue weighted by atomic mass is 10.3. The fourth-order valence-corrected chi connectivity index (χ4v) is 1.31. The zero-order valence-corrected chi connectivity index (χ0v) is 10.7. The number of carbonyl (C=O) groups is 1. The average Bonchev–Trinajstić information content (AvgIpc) is 2.31. The summed E-state index contributed by atoms with van der Waals surface area (Å²) >= 11 is 0. The topological polar surface area (TPSA) is 50.4 Å². The summed E-state index contributed by atoms with van der Waals surface area (Å²) in [5, 5.41) is 5.62. The Morgan fingerprint density at radius 1 is 1.33 bits per heavy atom. The number of benzene rings is 1. The largest absolute Gasteiger partial charge is 0.377 e. The highest BCUT2D eigenvalue weighted by atomic mass is 19.1. The first-order valence-corrected chi connectivity index (χ1v) is 5.95. The quantitative estimate of drug-likeness (QED) is 0.729. The van der Waals surface area contributed by atoms with Crippen molar-refractivity contribution in [1.82, 2.24) is 5.32 Å². The van der Waals surface area contributed by atoms with Crippen molar-refractivity contribution in [3.8, 4) is 0 Å². The van der Waals surface area contributed by atoms with Crippen molar-refractivity contribution in [1.29, 1.82) is 0 Å². The van der Waals surface area contributed by atoms with Crippen LogP contribution in [0.5, 0.6) is 0 Å². The summed E-state index contributed by atoms with van der Waals surface area (Å²) in [5.74, 6) is -0.483. The molecule has 0 aromatic heterocycles. The third-order valence-corrected chi connectivity index (χ3v) is 2.14. The zero-order chi connectivity index (χ0) is 13.4. The minimum Gasteiger partial charge on any atom is -0.377 e. The summed E-state index contributed by atoms with van der Waals surface area (Å²) in [5.41, 5.74) is 0.585. The van der Waals surface area contributed by atoms with Crippen LogP contribution in [0.25, 0.3) is 0 Å². The molecular formula is C13H19FN2O2. The Balaban J connectivity index is 2.16. The van der Waals surface area contributed by atoms with Crippen LogP contribution in [0.15, 0.2) is 24.3 Å². The fraction of sp³-hybridized carbons (Fsp3) is 0.462. The van der Waals surface area contributed by atoms with Crippen molar-refractivity contribution in [2.24, 2.45) is 0 Å². The highest BCUT2D eigenvalue weighted by Gasteiger charge is 2.01. The van der Waals surface area contributed by atoms with Crippen LogP contribution < -0.4 is 10.6 Å². The van der Waals surface area contributed by atoms with Gasteiger partial charge in [0.2, 0.25) is 5.91 Å². The molecule has 100 valence electrons. The van der Waals surface area contributed by atoms with Gasteiger partial charge in [-0.1, -0.05) is 0 Å². The van der Waals surface area contributed by atoms with Gasteiger partial charge >= 0.3 is 0 Å². The monoisotopic (exact) mass is 254 g/mol. The lowest BCUT2D eigenvalue weighted by Gasteiger charge is -2.09. The molecule has 2 N–H and O–H groups in total. The number of hydrogen-bond donors (Lipinski definition) is 2. The molecule has 0 fully saturated rings. The molecule has 0 bridgehead atoms. The number of hydrogen-bond acceptors (Lipinski definition) is 3. The highest BCUT2D eigenvalue weighted by Crippen LogP contribution is 2.07. The van der Waals surface area contributed by atoms with Crippen molar-refractivity contribution in [2.45, 2.75) is 20.0 Å². The predicted octanol–water partition coefficient (Wildman–Crippen LogP) is 1.78. The van der Waals surface area contributed by atoms with Crippen LogP contribution >= 0.6 is 0 Å². The third-order valence-electron chi connectivity index (χ3n) is 2.14. The van der Waals surface area contributed by atoms with E-state index >= 15 is 0 Å². The molecule has 0 aliphatic rings. The Bertz CT molecular complexity index is 366. The minimum atomic E-state index is -0.322. The summed E-state index contributed by atoms with van der Waals surface area (Å²) in [7, 11) is 0. The van der Waals surface area contributed by atoms with Gasteiger partial charge in [0, 0.05) is 12.2 Å².